The van der Waals surface area contributed by atoms with Crippen molar-refractivity contribution in [1.29, 1.82) is 0 Å². The molecule has 1 aliphatic heterocycles. The number of carboxylic acid groups (broad SMARTS) is 1. The molecular formula is C10H20N2O4S. The van der Waals surface area contributed by atoms with Crippen LogP contribution in [0.25, 0.3) is 0 Å². The van der Waals surface area contributed by atoms with Crippen LogP contribution in [0.2, 0.25) is 0 Å². The molecule has 0 unspecified atom stereocenters. The van der Waals surface area contributed by atoms with Gasteiger partial charge in [-0.05, 0) is 13.8 Å². The van der Waals surface area contributed by atoms with E-state index >= 15 is 0 Å². The predicted octanol–water partition coefficient (Wildman–Crippen LogP) is -0.784. The van der Waals surface area contributed by atoms with E-state index < -0.39 is 26.1 Å². The summed E-state index contributed by atoms with van der Waals surface area (Å²) in [5.41, 5.74) is -0.506. The van der Waals surface area contributed by atoms with Crippen molar-refractivity contribution in [3.8, 4) is 0 Å². The SMILES string of the molecule is CC(C)(CNC1(CC(=O)O)CNC1)S(C)(=O)=O. The van der Waals surface area contributed by atoms with Crippen molar-refractivity contribution in [2.75, 3.05) is 25.9 Å². The van der Waals surface area contributed by atoms with Crippen LogP contribution in [0.4, 0.5) is 0 Å². The van der Waals surface area contributed by atoms with Gasteiger partial charge in [-0.3, -0.25) is 4.79 Å². The Bertz CT molecular complexity index is 399. The van der Waals surface area contributed by atoms with Gasteiger partial charge in [0.15, 0.2) is 9.84 Å². The lowest BCUT2D eigenvalue weighted by Gasteiger charge is -2.44. The molecule has 0 aromatic rings. The van der Waals surface area contributed by atoms with Crippen LogP contribution < -0.4 is 10.6 Å². The van der Waals surface area contributed by atoms with E-state index in [0.717, 1.165) is 0 Å². The zero-order valence-electron chi connectivity index (χ0n) is 10.4. The van der Waals surface area contributed by atoms with E-state index in [9.17, 15) is 13.2 Å². The number of carbonyl (C=O) groups is 1. The molecule has 0 aliphatic carbocycles. The van der Waals surface area contributed by atoms with Crippen LogP contribution in [-0.4, -0.2) is 55.7 Å². The van der Waals surface area contributed by atoms with Gasteiger partial charge in [0.25, 0.3) is 0 Å². The third kappa shape index (κ3) is 3.40. The fourth-order valence-electron chi connectivity index (χ4n) is 1.56. The number of nitrogens with one attached hydrogen (secondary N) is 2. The molecule has 1 saturated heterocycles. The molecule has 0 radical (unpaired) electrons. The summed E-state index contributed by atoms with van der Waals surface area (Å²) in [5.74, 6) is -0.879. The highest BCUT2D eigenvalue weighted by Gasteiger charge is 2.41. The predicted molar refractivity (Wildman–Crippen MR) is 64.8 cm³/mol. The van der Waals surface area contributed by atoms with Gasteiger partial charge in [0.2, 0.25) is 0 Å². The fourth-order valence-corrected chi connectivity index (χ4v) is 1.89. The molecule has 0 amide bonds. The molecule has 0 saturated carbocycles. The molecule has 0 aromatic heterocycles. The Balaban J connectivity index is 2.63. The summed E-state index contributed by atoms with van der Waals surface area (Å²) in [6, 6.07) is 0. The first-order chi connectivity index (χ1) is 7.58. The van der Waals surface area contributed by atoms with E-state index in [2.05, 4.69) is 10.6 Å². The van der Waals surface area contributed by atoms with Crippen LogP contribution in [0.5, 0.6) is 0 Å². The molecule has 17 heavy (non-hydrogen) atoms. The van der Waals surface area contributed by atoms with Crippen LogP contribution in [0, 0.1) is 0 Å². The number of rotatable bonds is 6. The van der Waals surface area contributed by atoms with Gasteiger partial charge in [0.05, 0.1) is 16.7 Å². The van der Waals surface area contributed by atoms with Crippen molar-refractivity contribution in [1.82, 2.24) is 10.6 Å². The van der Waals surface area contributed by atoms with Crippen LogP contribution in [0.1, 0.15) is 20.3 Å². The molecule has 1 aliphatic rings. The summed E-state index contributed by atoms with van der Waals surface area (Å²) >= 11 is 0. The Morgan fingerprint density at radius 3 is 2.29 bits per heavy atom. The summed E-state index contributed by atoms with van der Waals surface area (Å²) < 4.78 is 22.2. The highest BCUT2D eigenvalue weighted by molar-refractivity contribution is 7.92. The van der Waals surface area contributed by atoms with Crippen molar-refractivity contribution < 1.29 is 18.3 Å². The third-order valence-corrected chi connectivity index (χ3v) is 5.46. The van der Waals surface area contributed by atoms with Crippen molar-refractivity contribution in [2.45, 2.75) is 30.6 Å². The Hall–Kier alpha value is -0.660. The molecule has 0 bridgehead atoms. The third-order valence-electron chi connectivity index (χ3n) is 3.31. The summed E-state index contributed by atoms with van der Waals surface area (Å²) in [5, 5.41) is 14.9. The van der Waals surface area contributed by atoms with Crippen molar-refractivity contribution in [2.24, 2.45) is 0 Å². The summed E-state index contributed by atoms with van der Waals surface area (Å²) in [4.78, 5) is 10.7. The minimum Gasteiger partial charge on any atom is -0.481 e. The largest absolute Gasteiger partial charge is 0.481 e. The van der Waals surface area contributed by atoms with Gasteiger partial charge in [-0.25, -0.2) is 8.42 Å². The first-order valence-corrected chi connectivity index (χ1v) is 7.34. The Morgan fingerprint density at radius 1 is 1.47 bits per heavy atom. The number of hydrogen-bond acceptors (Lipinski definition) is 5. The quantitative estimate of drug-likeness (QED) is 0.582. The minimum atomic E-state index is -3.17. The zero-order valence-corrected chi connectivity index (χ0v) is 11.2. The van der Waals surface area contributed by atoms with Gasteiger partial charge in [0, 0.05) is 25.9 Å². The average molecular weight is 264 g/mol. The molecule has 1 fully saturated rings. The van der Waals surface area contributed by atoms with Gasteiger partial charge in [-0.2, -0.15) is 0 Å². The maximum absolute atomic E-state index is 11.5. The topological polar surface area (TPSA) is 95.5 Å². The van der Waals surface area contributed by atoms with Crippen LogP contribution >= 0.6 is 0 Å². The molecule has 0 aromatic carbocycles. The monoisotopic (exact) mass is 264 g/mol. The highest BCUT2D eigenvalue weighted by atomic mass is 32.2. The molecule has 6 nitrogen and oxygen atoms in total. The summed E-state index contributed by atoms with van der Waals surface area (Å²) in [6.07, 6.45) is 1.19. The number of hydrogen-bond donors (Lipinski definition) is 3. The molecule has 100 valence electrons. The van der Waals surface area contributed by atoms with Gasteiger partial charge in [0.1, 0.15) is 0 Å². The Morgan fingerprint density at radius 2 is 2.00 bits per heavy atom. The molecule has 3 N–H and O–H groups in total. The smallest absolute Gasteiger partial charge is 0.305 e. The van der Waals surface area contributed by atoms with Crippen molar-refractivity contribution in [3.63, 3.8) is 0 Å². The second kappa shape index (κ2) is 4.55. The molecule has 0 atom stereocenters. The Labute approximate surface area is 102 Å². The number of carboxylic acids is 1. The zero-order chi connectivity index (χ0) is 13.3. The first kappa shape index (κ1) is 14.4. The van der Waals surface area contributed by atoms with E-state index in [1.165, 1.54) is 6.26 Å². The van der Waals surface area contributed by atoms with E-state index in [1.807, 2.05) is 0 Å². The highest BCUT2D eigenvalue weighted by Crippen LogP contribution is 2.20. The average Bonchev–Trinajstić information content (AvgIpc) is 2.07. The normalized spacial score (nSPS) is 19.7. The summed E-state index contributed by atoms with van der Waals surface area (Å²) in [6.45, 7) is 4.63. The van der Waals surface area contributed by atoms with Gasteiger partial charge >= 0.3 is 5.97 Å². The fraction of sp³-hybridized carbons (Fsp3) is 0.900. The van der Waals surface area contributed by atoms with Crippen molar-refractivity contribution in [3.05, 3.63) is 0 Å². The molecule has 0 spiro atoms. The van der Waals surface area contributed by atoms with E-state index in [0.29, 0.717) is 13.1 Å². The molecular weight excluding hydrogens is 244 g/mol. The van der Waals surface area contributed by atoms with Gasteiger partial charge in [-0.1, -0.05) is 0 Å². The molecule has 1 rings (SSSR count). The Kier molecular flexibility index (Phi) is 3.85. The second-order valence-corrected chi connectivity index (χ2v) is 7.99. The number of sulfone groups is 1. The van der Waals surface area contributed by atoms with Crippen LogP contribution in [0.15, 0.2) is 0 Å². The maximum Gasteiger partial charge on any atom is 0.305 e. The maximum atomic E-state index is 11.5. The lowest BCUT2D eigenvalue weighted by molar-refractivity contribution is -0.139. The minimum absolute atomic E-state index is 0.000157. The number of aliphatic carboxylic acids is 1. The van der Waals surface area contributed by atoms with Gasteiger partial charge < -0.3 is 15.7 Å². The van der Waals surface area contributed by atoms with Crippen LogP contribution in [-0.2, 0) is 14.6 Å². The van der Waals surface area contributed by atoms with Crippen molar-refractivity contribution >= 4 is 15.8 Å². The lowest BCUT2D eigenvalue weighted by Crippen LogP contribution is -2.70. The summed E-state index contributed by atoms with van der Waals surface area (Å²) in [7, 11) is -3.17. The van der Waals surface area contributed by atoms with Crippen LogP contribution in [0.3, 0.4) is 0 Å². The molecule has 1 heterocycles. The first-order valence-electron chi connectivity index (χ1n) is 5.45. The lowest BCUT2D eigenvalue weighted by atomic mass is 9.88. The second-order valence-electron chi connectivity index (χ2n) is 5.34. The van der Waals surface area contributed by atoms with E-state index in [-0.39, 0.29) is 13.0 Å². The standard InChI is InChI=1S/C10H20N2O4S/c1-9(2,17(3,15)16)5-12-10(4-8(13)14)6-11-7-10/h11-12H,4-7H2,1-3H3,(H,13,14). The van der Waals surface area contributed by atoms with E-state index in [1.54, 1.807) is 13.8 Å². The molecule has 7 heteroatoms. The van der Waals surface area contributed by atoms with Gasteiger partial charge in [-0.15, -0.1) is 0 Å². The van der Waals surface area contributed by atoms with E-state index in [4.69, 9.17) is 5.11 Å².